The largest absolute Gasteiger partial charge is 0.352 e. The quantitative estimate of drug-likeness (QED) is 0.868. The molecule has 0 radical (unpaired) electrons. The van der Waals surface area contributed by atoms with E-state index in [1.807, 2.05) is 4.90 Å². The highest BCUT2D eigenvalue weighted by Crippen LogP contribution is 2.29. The summed E-state index contributed by atoms with van der Waals surface area (Å²) in [6.45, 7) is 6.39. The summed E-state index contributed by atoms with van der Waals surface area (Å²) in [6.07, 6.45) is 2.06. The van der Waals surface area contributed by atoms with Gasteiger partial charge in [-0.25, -0.2) is 4.79 Å². The van der Waals surface area contributed by atoms with Crippen molar-refractivity contribution in [2.45, 2.75) is 52.2 Å². The number of carbonyl (C=O) groups excluding carboxylic acids is 2. The molecular formula is C16H23N3O2. The number of nitrogens with zero attached hydrogens (tertiary/aromatic N) is 1. The molecule has 3 amide bonds. The first-order valence-electron chi connectivity index (χ1n) is 7.31. The number of hydrogen-bond acceptors (Lipinski definition) is 2. The van der Waals surface area contributed by atoms with E-state index < -0.39 is 12.1 Å². The molecule has 0 aromatic heterocycles. The fraction of sp³-hybridized carbons (Fsp3) is 0.500. The van der Waals surface area contributed by atoms with Crippen molar-refractivity contribution in [1.29, 1.82) is 0 Å². The maximum Gasteiger partial charge on any atom is 0.312 e. The Morgan fingerprint density at radius 1 is 1.33 bits per heavy atom. The molecule has 0 spiro atoms. The monoisotopic (exact) mass is 289 g/mol. The Morgan fingerprint density at radius 2 is 2.00 bits per heavy atom. The zero-order valence-electron chi connectivity index (χ0n) is 12.8. The molecule has 21 heavy (non-hydrogen) atoms. The number of urea groups is 1. The van der Waals surface area contributed by atoms with Crippen molar-refractivity contribution in [3.05, 3.63) is 34.9 Å². The van der Waals surface area contributed by atoms with Gasteiger partial charge in [-0.3, -0.25) is 4.79 Å². The zero-order chi connectivity index (χ0) is 15.6. The molecule has 5 nitrogen and oxygen atoms in total. The highest BCUT2D eigenvalue weighted by atomic mass is 16.2. The predicted octanol–water partition coefficient (Wildman–Crippen LogP) is 1.85. The lowest BCUT2D eigenvalue weighted by atomic mass is 10.1. The van der Waals surface area contributed by atoms with Crippen LogP contribution in [-0.4, -0.2) is 28.9 Å². The summed E-state index contributed by atoms with van der Waals surface area (Å²) in [7, 11) is 0. The second-order valence-electron chi connectivity index (χ2n) is 5.85. The number of carbonyl (C=O) groups is 2. The Labute approximate surface area is 125 Å². The van der Waals surface area contributed by atoms with E-state index in [2.05, 4.69) is 37.4 Å². The van der Waals surface area contributed by atoms with Gasteiger partial charge in [0.2, 0.25) is 5.91 Å². The van der Waals surface area contributed by atoms with E-state index in [-0.39, 0.29) is 11.9 Å². The van der Waals surface area contributed by atoms with E-state index in [0.29, 0.717) is 6.54 Å². The molecule has 1 fully saturated rings. The molecule has 3 N–H and O–H groups in total. The zero-order valence-corrected chi connectivity index (χ0v) is 12.8. The number of benzene rings is 1. The summed E-state index contributed by atoms with van der Waals surface area (Å²) in [5.41, 5.74) is 8.67. The van der Waals surface area contributed by atoms with Gasteiger partial charge in [-0.15, -0.1) is 0 Å². The van der Waals surface area contributed by atoms with Crippen LogP contribution >= 0.6 is 0 Å². The average molecular weight is 289 g/mol. The molecule has 114 valence electrons. The Morgan fingerprint density at radius 3 is 2.52 bits per heavy atom. The van der Waals surface area contributed by atoms with Crippen LogP contribution in [0.4, 0.5) is 4.79 Å². The SMILES string of the molecule is Cc1ccc(CN(C(=O)[C@@H](C)NC(N)=O)C2CC2)cc1C. The fourth-order valence-electron chi connectivity index (χ4n) is 2.40. The number of hydrogen-bond donors (Lipinski definition) is 2. The second-order valence-corrected chi connectivity index (χ2v) is 5.85. The fourth-order valence-corrected chi connectivity index (χ4v) is 2.40. The smallest absolute Gasteiger partial charge is 0.312 e. The molecular weight excluding hydrogens is 266 g/mol. The number of amides is 3. The third-order valence-corrected chi connectivity index (χ3v) is 3.92. The molecule has 1 aromatic carbocycles. The van der Waals surface area contributed by atoms with Crippen LogP contribution in [0.5, 0.6) is 0 Å². The molecule has 1 aliphatic carbocycles. The predicted molar refractivity (Wildman–Crippen MR) is 81.7 cm³/mol. The number of nitrogens with two attached hydrogens (primary N) is 1. The third-order valence-electron chi connectivity index (χ3n) is 3.92. The molecule has 1 saturated carbocycles. The van der Waals surface area contributed by atoms with E-state index >= 15 is 0 Å². The van der Waals surface area contributed by atoms with Gasteiger partial charge in [0.15, 0.2) is 0 Å². The molecule has 1 aliphatic rings. The molecule has 1 aromatic rings. The number of primary amides is 1. The van der Waals surface area contributed by atoms with E-state index in [9.17, 15) is 9.59 Å². The third kappa shape index (κ3) is 3.97. The van der Waals surface area contributed by atoms with Crippen molar-refractivity contribution in [1.82, 2.24) is 10.2 Å². The van der Waals surface area contributed by atoms with Gasteiger partial charge in [-0.2, -0.15) is 0 Å². The molecule has 0 unspecified atom stereocenters. The van der Waals surface area contributed by atoms with Gasteiger partial charge >= 0.3 is 6.03 Å². The normalized spacial score (nSPS) is 15.4. The first kappa shape index (κ1) is 15.4. The van der Waals surface area contributed by atoms with Gasteiger partial charge < -0.3 is 16.0 Å². The van der Waals surface area contributed by atoms with Crippen molar-refractivity contribution >= 4 is 11.9 Å². The first-order valence-corrected chi connectivity index (χ1v) is 7.31. The molecule has 0 bridgehead atoms. The molecule has 2 rings (SSSR count). The van der Waals surface area contributed by atoms with E-state index in [1.165, 1.54) is 11.1 Å². The summed E-state index contributed by atoms with van der Waals surface area (Å²) >= 11 is 0. The van der Waals surface area contributed by atoms with E-state index in [1.54, 1.807) is 6.92 Å². The standard InChI is InChI=1S/C16H23N3O2/c1-10-4-5-13(8-11(10)2)9-19(14-6-7-14)15(20)12(3)18-16(17)21/h4-5,8,12,14H,6-7,9H2,1-3H3,(H3,17,18,21)/t12-/m1/s1. The molecule has 0 heterocycles. The average Bonchev–Trinajstić information content (AvgIpc) is 3.22. The summed E-state index contributed by atoms with van der Waals surface area (Å²) < 4.78 is 0. The van der Waals surface area contributed by atoms with Crippen LogP contribution < -0.4 is 11.1 Å². The maximum atomic E-state index is 12.5. The van der Waals surface area contributed by atoms with Crippen LogP contribution in [0.3, 0.4) is 0 Å². The number of nitrogens with one attached hydrogen (secondary N) is 1. The lowest BCUT2D eigenvalue weighted by Crippen LogP contribution is -2.49. The van der Waals surface area contributed by atoms with Crippen LogP contribution in [0, 0.1) is 13.8 Å². The molecule has 1 atom stereocenters. The van der Waals surface area contributed by atoms with Crippen molar-refractivity contribution in [2.24, 2.45) is 5.73 Å². The summed E-state index contributed by atoms with van der Waals surface area (Å²) in [5.74, 6) is -0.0745. The topological polar surface area (TPSA) is 75.4 Å². The lowest BCUT2D eigenvalue weighted by molar-refractivity contribution is -0.134. The van der Waals surface area contributed by atoms with Gasteiger partial charge in [0, 0.05) is 12.6 Å². The second kappa shape index (κ2) is 6.16. The summed E-state index contributed by atoms with van der Waals surface area (Å²) in [6, 6.07) is 5.27. The van der Waals surface area contributed by atoms with Gasteiger partial charge in [0.1, 0.15) is 6.04 Å². The molecule has 0 aliphatic heterocycles. The summed E-state index contributed by atoms with van der Waals surface area (Å²) in [4.78, 5) is 25.2. The highest BCUT2D eigenvalue weighted by molar-refractivity contribution is 5.86. The number of aryl methyl sites for hydroxylation is 2. The lowest BCUT2D eigenvalue weighted by Gasteiger charge is -2.26. The van der Waals surface area contributed by atoms with Gasteiger partial charge in [0.25, 0.3) is 0 Å². The Balaban J connectivity index is 2.10. The minimum absolute atomic E-state index is 0.0745. The van der Waals surface area contributed by atoms with Crippen molar-refractivity contribution < 1.29 is 9.59 Å². The van der Waals surface area contributed by atoms with Gasteiger partial charge in [-0.05, 0) is 50.3 Å². The molecule has 0 saturated heterocycles. The van der Waals surface area contributed by atoms with Crippen LogP contribution in [0.25, 0.3) is 0 Å². The van der Waals surface area contributed by atoms with Gasteiger partial charge in [0.05, 0.1) is 0 Å². The van der Waals surface area contributed by atoms with E-state index in [4.69, 9.17) is 5.73 Å². The van der Waals surface area contributed by atoms with Crippen LogP contribution in [0.2, 0.25) is 0 Å². The molecule has 5 heteroatoms. The Bertz CT molecular complexity index is 552. The minimum atomic E-state index is -0.669. The summed E-state index contributed by atoms with van der Waals surface area (Å²) in [5, 5.41) is 2.46. The van der Waals surface area contributed by atoms with Crippen molar-refractivity contribution in [3.63, 3.8) is 0 Å². The van der Waals surface area contributed by atoms with E-state index in [0.717, 1.165) is 18.4 Å². The Hall–Kier alpha value is -2.04. The van der Waals surface area contributed by atoms with Crippen LogP contribution in [0.1, 0.15) is 36.5 Å². The first-order chi connectivity index (χ1) is 9.88. The van der Waals surface area contributed by atoms with Crippen molar-refractivity contribution in [2.75, 3.05) is 0 Å². The Kier molecular flexibility index (Phi) is 4.50. The van der Waals surface area contributed by atoms with Crippen LogP contribution in [0.15, 0.2) is 18.2 Å². The minimum Gasteiger partial charge on any atom is -0.352 e. The van der Waals surface area contributed by atoms with Gasteiger partial charge in [-0.1, -0.05) is 18.2 Å². The van der Waals surface area contributed by atoms with Crippen LogP contribution in [-0.2, 0) is 11.3 Å². The maximum absolute atomic E-state index is 12.5. The van der Waals surface area contributed by atoms with Crippen molar-refractivity contribution in [3.8, 4) is 0 Å². The number of rotatable bonds is 5. The highest BCUT2D eigenvalue weighted by Gasteiger charge is 2.34.